The quantitative estimate of drug-likeness (QED) is 0.528. The van der Waals surface area contributed by atoms with E-state index in [1.54, 1.807) is 12.1 Å². The van der Waals surface area contributed by atoms with Crippen LogP contribution in [-0.4, -0.2) is 17.9 Å². The summed E-state index contributed by atoms with van der Waals surface area (Å²) in [7, 11) is 0. The number of rotatable bonds is 3. The zero-order valence-corrected chi connectivity index (χ0v) is 6.87. The van der Waals surface area contributed by atoms with E-state index in [0.29, 0.717) is 17.5 Å². The Bertz CT molecular complexity index is 284. The number of carbonyl (C=O) groups is 1. The monoisotopic (exact) mass is 165 g/mol. The highest BCUT2D eigenvalue weighted by molar-refractivity contribution is 5.77. The van der Waals surface area contributed by atoms with Crippen molar-refractivity contribution in [3.8, 4) is 5.75 Å². The van der Waals surface area contributed by atoms with E-state index in [1.165, 1.54) is 6.07 Å². The first kappa shape index (κ1) is 8.59. The Kier molecular flexibility index (Phi) is 2.69. The van der Waals surface area contributed by atoms with E-state index in [-0.39, 0.29) is 5.75 Å². The molecule has 0 spiro atoms. The molecule has 0 radical (unpaired) electrons. The van der Waals surface area contributed by atoms with Crippen LogP contribution >= 0.6 is 0 Å². The van der Waals surface area contributed by atoms with Crippen LogP contribution in [0.2, 0.25) is 0 Å². The number of carbonyl (C=O) groups excluding carboxylic acids is 1. The molecule has 0 atom stereocenters. The first-order valence-corrected chi connectivity index (χ1v) is 3.80. The smallest absolute Gasteiger partial charge is 0.150 e. The summed E-state index contributed by atoms with van der Waals surface area (Å²) in [6, 6.07) is 4.78. The van der Waals surface area contributed by atoms with Gasteiger partial charge in [-0.2, -0.15) is 0 Å². The second-order valence-corrected chi connectivity index (χ2v) is 2.42. The maximum absolute atomic E-state index is 10.3. The molecule has 0 saturated carbocycles. The fourth-order valence-corrected chi connectivity index (χ4v) is 0.962. The molecule has 3 nitrogen and oxygen atoms in total. The molecule has 2 N–H and O–H groups in total. The maximum Gasteiger partial charge on any atom is 0.150 e. The van der Waals surface area contributed by atoms with Crippen LogP contribution < -0.4 is 5.32 Å². The molecule has 0 bridgehead atoms. The zero-order valence-electron chi connectivity index (χ0n) is 6.87. The van der Waals surface area contributed by atoms with Gasteiger partial charge in [0.15, 0.2) is 0 Å². The average molecular weight is 165 g/mol. The second kappa shape index (κ2) is 3.76. The van der Waals surface area contributed by atoms with Crippen LogP contribution in [0.5, 0.6) is 5.75 Å². The van der Waals surface area contributed by atoms with Crippen LogP contribution in [0, 0.1) is 0 Å². The first-order chi connectivity index (χ1) is 5.77. The van der Waals surface area contributed by atoms with Gasteiger partial charge in [0.05, 0.1) is 5.69 Å². The molecule has 64 valence electrons. The molecule has 0 unspecified atom stereocenters. The Morgan fingerprint density at radius 3 is 2.83 bits per heavy atom. The molecule has 0 saturated heterocycles. The van der Waals surface area contributed by atoms with Crippen molar-refractivity contribution in [1.29, 1.82) is 0 Å². The largest absolute Gasteiger partial charge is 0.506 e. The number of phenolic OH excluding ortho intramolecular Hbond substituents is 1. The molecule has 1 aromatic rings. The molecule has 0 fully saturated rings. The molecule has 0 aromatic heterocycles. The summed E-state index contributed by atoms with van der Waals surface area (Å²) in [5.41, 5.74) is 1.14. The molecule has 1 rings (SSSR count). The van der Waals surface area contributed by atoms with Gasteiger partial charge in [-0.25, -0.2) is 0 Å². The minimum Gasteiger partial charge on any atom is -0.506 e. The molecule has 0 heterocycles. The molecule has 0 aliphatic heterocycles. The van der Waals surface area contributed by atoms with E-state index in [1.807, 2.05) is 6.92 Å². The summed E-state index contributed by atoms with van der Waals surface area (Å²) < 4.78 is 0. The lowest BCUT2D eigenvalue weighted by Gasteiger charge is -2.05. The fourth-order valence-electron chi connectivity index (χ4n) is 0.962. The van der Waals surface area contributed by atoms with Crippen LogP contribution in [-0.2, 0) is 0 Å². The Balaban J connectivity index is 2.94. The summed E-state index contributed by atoms with van der Waals surface area (Å²) in [5.74, 6) is 0.112. The summed E-state index contributed by atoms with van der Waals surface area (Å²) in [6.45, 7) is 2.68. The summed E-state index contributed by atoms with van der Waals surface area (Å²) >= 11 is 0. The number of hydrogen-bond donors (Lipinski definition) is 2. The number of nitrogens with one attached hydrogen (secondary N) is 1. The lowest BCUT2D eigenvalue weighted by Crippen LogP contribution is -1.96. The van der Waals surface area contributed by atoms with Gasteiger partial charge in [0.2, 0.25) is 0 Å². The van der Waals surface area contributed by atoms with Crippen molar-refractivity contribution in [3.05, 3.63) is 23.8 Å². The van der Waals surface area contributed by atoms with Gasteiger partial charge in [0.25, 0.3) is 0 Å². The Hall–Kier alpha value is -1.51. The van der Waals surface area contributed by atoms with Crippen molar-refractivity contribution in [2.45, 2.75) is 6.92 Å². The third-order valence-electron chi connectivity index (χ3n) is 1.53. The normalized spacial score (nSPS) is 9.42. The lowest BCUT2D eigenvalue weighted by molar-refractivity contribution is 0.112. The maximum atomic E-state index is 10.3. The number of aldehydes is 1. The van der Waals surface area contributed by atoms with Gasteiger partial charge in [-0.15, -0.1) is 0 Å². The van der Waals surface area contributed by atoms with Gasteiger partial charge in [0.1, 0.15) is 12.0 Å². The van der Waals surface area contributed by atoms with Gasteiger partial charge in [-0.05, 0) is 25.1 Å². The van der Waals surface area contributed by atoms with E-state index in [0.717, 1.165) is 6.54 Å². The number of aromatic hydroxyl groups is 1. The van der Waals surface area contributed by atoms with E-state index >= 15 is 0 Å². The van der Waals surface area contributed by atoms with Crippen LogP contribution in [0.1, 0.15) is 17.3 Å². The standard InChI is InChI=1S/C9H11NO2/c1-2-10-8-4-3-7(6-11)5-9(8)12/h3-6,10,12H,2H2,1H3. The number of anilines is 1. The minimum absolute atomic E-state index is 0.112. The Morgan fingerprint density at radius 2 is 2.33 bits per heavy atom. The van der Waals surface area contributed by atoms with Crippen LogP contribution in [0.15, 0.2) is 18.2 Å². The predicted octanol–water partition coefficient (Wildman–Crippen LogP) is 1.64. The highest BCUT2D eigenvalue weighted by Gasteiger charge is 1.99. The van der Waals surface area contributed by atoms with E-state index in [9.17, 15) is 9.90 Å². The Morgan fingerprint density at radius 1 is 1.58 bits per heavy atom. The third-order valence-corrected chi connectivity index (χ3v) is 1.53. The summed E-state index contributed by atoms with van der Waals surface area (Å²) in [6.07, 6.45) is 0.704. The van der Waals surface area contributed by atoms with Gasteiger partial charge in [-0.3, -0.25) is 4.79 Å². The van der Waals surface area contributed by atoms with Gasteiger partial charge < -0.3 is 10.4 Å². The molecular weight excluding hydrogens is 154 g/mol. The van der Waals surface area contributed by atoms with E-state index < -0.39 is 0 Å². The van der Waals surface area contributed by atoms with Crippen molar-refractivity contribution in [3.63, 3.8) is 0 Å². The summed E-state index contributed by atoms with van der Waals surface area (Å²) in [5, 5.41) is 12.3. The van der Waals surface area contributed by atoms with Crippen LogP contribution in [0.4, 0.5) is 5.69 Å². The van der Waals surface area contributed by atoms with Gasteiger partial charge in [0, 0.05) is 12.1 Å². The molecular formula is C9H11NO2. The van der Waals surface area contributed by atoms with Crippen molar-refractivity contribution < 1.29 is 9.90 Å². The highest BCUT2D eigenvalue weighted by atomic mass is 16.3. The van der Waals surface area contributed by atoms with Gasteiger partial charge in [-0.1, -0.05) is 0 Å². The zero-order chi connectivity index (χ0) is 8.97. The minimum atomic E-state index is 0.112. The number of hydrogen-bond acceptors (Lipinski definition) is 3. The van der Waals surface area contributed by atoms with Crippen LogP contribution in [0.25, 0.3) is 0 Å². The van der Waals surface area contributed by atoms with Crippen molar-refractivity contribution >= 4 is 12.0 Å². The first-order valence-electron chi connectivity index (χ1n) is 3.80. The molecule has 12 heavy (non-hydrogen) atoms. The van der Waals surface area contributed by atoms with Crippen LogP contribution in [0.3, 0.4) is 0 Å². The summed E-state index contributed by atoms with van der Waals surface area (Å²) in [4.78, 5) is 10.3. The lowest BCUT2D eigenvalue weighted by atomic mass is 10.2. The SMILES string of the molecule is CCNc1ccc(C=O)cc1O. The van der Waals surface area contributed by atoms with Crippen molar-refractivity contribution in [2.24, 2.45) is 0 Å². The van der Waals surface area contributed by atoms with Gasteiger partial charge >= 0.3 is 0 Å². The topological polar surface area (TPSA) is 49.3 Å². The number of benzene rings is 1. The highest BCUT2D eigenvalue weighted by Crippen LogP contribution is 2.22. The fraction of sp³-hybridized carbons (Fsp3) is 0.222. The molecule has 0 amide bonds. The Labute approximate surface area is 71.0 Å². The molecule has 3 heteroatoms. The number of phenols is 1. The molecule has 0 aliphatic carbocycles. The predicted molar refractivity (Wildman–Crippen MR) is 47.7 cm³/mol. The molecule has 1 aromatic carbocycles. The average Bonchev–Trinajstić information content (AvgIpc) is 2.09. The van der Waals surface area contributed by atoms with Crippen molar-refractivity contribution in [1.82, 2.24) is 0 Å². The molecule has 0 aliphatic rings. The van der Waals surface area contributed by atoms with E-state index in [2.05, 4.69) is 5.32 Å². The third kappa shape index (κ3) is 1.75. The van der Waals surface area contributed by atoms with E-state index in [4.69, 9.17) is 0 Å². The van der Waals surface area contributed by atoms with Crippen molar-refractivity contribution in [2.75, 3.05) is 11.9 Å². The second-order valence-electron chi connectivity index (χ2n) is 2.42.